The predicted molar refractivity (Wildman–Crippen MR) is 77.1 cm³/mol. The molecule has 0 spiro atoms. The lowest BCUT2D eigenvalue weighted by Gasteiger charge is -2.19. The summed E-state index contributed by atoms with van der Waals surface area (Å²) in [6, 6.07) is 0.387. The lowest BCUT2D eigenvalue weighted by atomic mass is 10.1. The second-order valence-electron chi connectivity index (χ2n) is 4.85. The van der Waals surface area contributed by atoms with Crippen LogP contribution in [0.1, 0.15) is 43.8 Å². The third kappa shape index (κ3) is 3.68. The number of aromatic nitrogens is 1. The number of hydrogen-bond donors (Lipinski definition) is 1. The topological polar surface area (TPSA) is 28.2 Å². The Balaban J connectivity index is 2.78. The minimum atomic E-state index is 0.387. The summed E-state index contributed by atoms with van der Waals surface area (Å²) in [7, 11) is 4.13. The third-order valence-corrected chi connectivity index (χ3v) is 4.71. The zero-order valence-corrected chi connectivity index (χ0v) is 12.7. The molecule has 4 heteroatoms. The first kappa shape index (κ1) is 14.5. The van der Waals surface area contributed by atoms with Gasteiger partial charge in [0.05, 0.1) is 5.69 Å². The highest BCUT2D eigenvalue weighted by Gasteiger charge is 2.15. The van der Waals surface area contributed by atoms with Gasteiger partial charge < -0.3 is 10.2 Å². The normalized spacial score (nSPS) is 14.7. The molecule has 1 heterocycles. The van der Waals surface area contributed by atoms with Crippen molar-refractivity contribution in [2.24, 2.45) is 5.92 Å². The van der Waals surface area contributed by atoms with Gasteiger partial charge in [0.1, 0.15) is 0 Å². The van der Waals surface area contributed by atoms with Crippen LogP contribution in [0.15, 0.2) is 0 Å². The number of hydrogen-bond acceptors (Lipinski definition) is 4. The molecule has 3 nitrogen and oxygen atoms in total. The molecule has 0 radical (unpaired) electrons. The molecule has 0 aliphatic carbocycles. The van der Waals surface area contributed by atoms with E-state index in [1.54, 1.807) is 11.3 Å². The highest BCUT2D eigenvalue weighted by molar-refractivity contribution is 7.15. The van der Waals surface area contributed by atoms with Gasteiger partial charge in [0, 0.05) is 24.5 Å². The summed E-state index contributed by atoms with van der Waals surface area (Å²) in [5, 5.41) is 4.42. The molecule has 0 aliphatic rings. The summed E-state index contributed by atoms with van der Waals surface area (Å²) in [5.74, 6) is 0.717. The maximum absolute atomic E-state index is 4.67. The van der Waals surface area contributed by atoms with Gasteiger partial charge in [-0.1, -0.05) is 20.3 Å². The Morgan fingerprint density at radius 2 is 2.06 bits per heavy atom. The fourth-order valence-electron chi connectivity index (χ4n) is 1.76. The molecule has 1 N–H and O–H groups in total. The van der Waals surface area contributed by atoms with Crippen molar-refractivity contribution in [1.29, 1.82) is 0 Å². The van der Waals surface area contributed by atoms with Crippen LogP contribution in [0.3, 0.4) is 0 Å². The van der Waals surface area contributed by atoms with Crippen molar-refractivity contribution >= 4 is 16.5 Å². The average molecular weight is 255 g/mol. The summed E-state index contributed by atoms with van der Waals surface area (Å²) in [5.41, 5.74) is 1.16. The second kappa shape index (κ2) is 6.36. The number of rotatable bonds is 6. The van der Waals surface area contributed by atoms with E-state index in [4.69, 9.17) is 0 Å². The van der Waals surface area contributed by atoms with E-state index in [1.807, 2.05) is 7.05 Å². The highest BCUT2D eigenvalue weighted by atomic mass is 32.1. The molecular formula is C13H25N3S. The Morgan fingerprint density at radius 1 is 1.41 bits per heavy atom. The van der Waals surface area contributed by atoms with E-state index in [0.717, 1.165) is 23.3 Å². The zero-order valence-electron chi connectivity index (χ0n) is 11.9. The molecule has 2 unspecified atom stereocenters. The van der Waals surface area contributed by atoms with Crippen molar-refractivity contribution in [2.75, 3.05) is 25.5 Å². The van der Waals surface area contributed by atoms with Crippen LogP contribution in [-0.4, -0.2) is 25.6 Å². The molecule has 2 atom stereocenters. The molecule has 0 fully saturated rings. The van der Waals surface area contributed by atoms with Gasteiger partial charge in [-0.25, -0.2) is 4.98 Å². The smallest absolute Gasteiger partial charge is 0.185 e. The monoisotopic (exact) mass is 255 g/mol. The predicted octanol–water partition coefficient (Wildman–Crippen LogP) is 3.21. The largest absolute Gasteiger partial charge is 0.351 e. The molecule has 98 valence electrons. The minimum absolute atomic E-state index is 0.387. The van der Waals surface area contributed by atoms with Gasteiger partial charge in [-0.05, 0) is 26.8 Å². The van der Waals surface area contributed by atoms with Gasteiger partial charge in [-0.3, -0.25) is 0 Å². The summed E-state index contributed by atoms with van der Waals surface area (Å²) < 4.78 is 0. The lowest BCUT2D eigenvalue weighted by molar-refractivity contribution is 0.559. The Bertz CT molecular complexity index is 348. The van der Waals surface area contributed by atoms with Crippen molar-refractivity contribution in [1.82, 2.24) is 10.3 Å². The van der Waals surface area contributed by atoms with Crippen LogP contribution in [0.25, 0.3) is 0 Å². The molecule has 0 bridgehead atoms. The van der Waals surface area contributed by atoms with Crippen molar-refractivity contribution < 1.29 is 0 Å². The van der Waals surface area contributed by atoms with Gasteiger partial charge in [-0.15, -0.1) is 11.3 Å². The number of anilines is 1. The molecule has 1 aromatic heterocycles. The van der Waals surface area contributed by atoms with Gasteiger partial charge in [0.2, 0.25) is 0 Å². The first-order valence-electron chi connectivity index (χ1n) is 6.35. The summed E-state index contributed by atoms with van der Waals surface area (Å²) in [6.45, 7) is 9.88. The van der Waals surface area contributed by atoms with E-state index < -0.39 is 0 Å². The number of nitrogens with zero attached hydrogens (tertiary/aromatic N) is 2. The molecule has 0 saturated heterocycles. The van der Waals surface area contributed by atoms with E-state index in [1.165, 1.54) is 11.3 Å². The average Bonchev–Trinajstić information content (AvgIpc) is 2.70. The van der Waals surface area contributed by atoms with E-state index in [9.17, 15) is 0 Å². The minimum Gasteiger partial charge on any atom is -0.351 e. The quantitative estimate of drug-likeness (QED) is 0.846. The second-order valence-corrected chi connectivity index (χ2v) is 5.86. The van der Waals surface area contributed by atoms with Gasteiger partial charge in [0.15, 0.2) is 5.13 Å². The van der Waals surface area contributed by atoms with Crippen molar-refractivity contribution in [3.63, 3.8) is 0 Å². The van der Waals surface area contributed by atoms with Crippen LogP contribution in [0.5, 0.6) is 0 Å². The van der Waals surface area contributed by atoms with Crippen LogP contribution in [0.2, 0.25) is 0 Å². The van der Waals surface area contributed by atoms with Crippen LogP contribution in [-0.2, 0) is 0 Å². The number of nitrogens with one attached hydrogen (secondary N) is 1. The number of thiazole rings is 1. The Hall–Kier alpha value is -0.610. The van der Waals surface area contributed by atoms with E-state index in [2.05, 4.69) is 49.9 Å². The number of aryl methyl sites for hydroxylation is 1. The molecule has 0 amide bonds. The van der Waals surface area contributed by atoms with Crippen LogP contribution in [0, 0.1) is 12.8 Å². The van der Waals surface area contributed by atoms with Gasteiger partial charge in [-0.2, -0.15) is 0 Å². The van der Waals surface area contributed by atoms with E-state index in [0.29, 0.717) is 6.04 Å². The first-order chi connectivity index (χ1) is 7.99. The Kier molecular flexibility index (Phi) is 5.40. The van der Waals surface area contributed by atoms with E-state index in [-0.39, 0.29) is 0 Å². The highest BCUT2D eigenvalue weighted by Crippen LogP contribution is 2.30. The first-order valence-corrected chi connectivity index (χ1v) is 7.16. The molecule has 1 rings (SSSR count). The maximum atomic E-state index is 4.67. The Morgan fingerprint density at radius 3 is 2.59 bits per heavy atom. The van der Waals surface area contributed by atoms with Crippen molar-refractivity contribution in [2.45, 2.75) is 40.2 Å². The lowest BCUT2D eigenvalue weighted by Crippen LogP contribution is -2.23. The van der Waals surface area contributed by atoms with Crippen LogP contribution >= 0.6 is 11.3 Å². The summed E-state index contributed by atoms with van der Waals surface area (Å²) >= 11 is 1.81. The molecular weight excluding hydrogens is 230 g/mol. The summed E-state index contributed by atoms with van der Waals surface area (Å²) in [6.07, 6.45) is 1.22. The molecule has 0 aromatic carbocycles. The zero-order chi connectivity index (χ0) is 13.0. The molecule has 0 saturated carbocycles. The third-order valence-electron chi connectivity index (χ3n) is 3.26. The SMILES string of the molecule is CCC(C)CN(C)c1nc(C)c(C(C)NC)s1. The Labute approximate surface area is 109 Å². The van der Waals surface area contributed by atoms with Gasteiger partial charge >= 0.3 is 0 Å². The van der Waals surface area contributed by atoms with Gasteiger partial charge in [0.25, 0.3) is 0 Å². The molecule has 17 heavy (non-hydrogen) atoms. The van der Waals surface area contributed by atoms with E-state index >= 15 is 0 Å². The van der Waals surface area contributed by atoms with Crippen LogP contribution in [0.4, 0.5) is 5.13 Å². The molecule has 1 aromatic rings. The fraction of sp³-hybridized carbons (Fsp3) is 0.769. The van der Waals surface area contributed by atoms with Crippen molar-refractivity contribution in [3.05, 3.63) is 10.6 Å². The maximum Gasteiger partial charge on any atom is 0.185 e. The fourth-order valence-corrected chi connectivity index (χ4v) is 2.86. The molecule has 0 aliphatic heterocycles. The van der Waals surface area contributed by atoms with Crippen LogP contribution < -0.4 is 10.2 Å². The summed E-state index contributed by atoms with van der Waals surface area (Å²) in [4.78, 5) is 8.29. The standard InChI is InChI=1S/C13H25N3S/c1-7-9(2)8-16(6)13-15-11(4)12(17-13)10(3)14-5/h9-10,14H,7-8H2,1-6H3. The van der Waals surface area contributed by atoms with Crippen molar-refractivity contribution in [3.8, 4) is 0 Å².